The van der Waals surface area contributed by atoms with Crippen molar-refractivity contribution in [2.75, 3.05) is 38.3 Å². The van der Waals surface area contributed by atoms with Gasteiger partial charge in [0.2, 0.25) is 0 Å². The van der Waals surface area contributed by atoms with Crippen LogP contribution in [0.1, 0.15) is 237 Å². The van der Waals surface area contributed by atoms with Crippen molar-refractivity contribution in [3.63, 3.8) is 0 Å². The first kappa shape index (κ1) is 93.0. The van der Waals surface area contributed by atoms with E-state index in [-0.39, 0.29) is 122 Å². The fourth-order valence-electron chi connectivity index (χ4n) is 13.9. The van der Waals surface area contributed by atoms with Gasteiger partial charge in [-0.25, -0.2) is 0 Å². The van der Waals surface area contributed by atoms with Crippen LogP contribution in [0.15, 0.2) is 218 Å². The minimum atomic E-state index is -2.02. The molecule has 0 bridgehead atoms. The van der Waals surface area contributed by atoms with E-state index in [1.165, 1.54) is 97.8 Å². The van der Waals surface area contributed by atoms with Gasteiger partial charge in [-0.1, -0.05) is 296 Å². The summed E-state index contributed by atoms with van der Waals surface area (Å²) >= 11 is 0. The van der Waals surface area contributed by atoms with E-state index >= 15 is 0 Å². The van der Waals surface area contributed by atoms with Crippen molar-refractivity contribution in [1.82, 2.24) is 0 Å². The predicted octanol–water partition coefficient (Wildman–Crippen LogP) is 11.6. The van der Waals surface area contributed by atoms with Gasteiger partial charge in [0.25, 0.3) is 0 Å². The van der Waals surface area contributed by atoms with Crippen LogP contribution in [0.25, 0.3) is 0 Å². The van der Waals surface area contributed by atoms with E-state index in [1.807, 2.05) is 0 Å². The van der Waals surface area contributed by atoms with Crippen LogP contribution < -0.4 is 101 Å². The third kappa shape index (κ3) is 22.5. The number of aliphatic hydroxyl groups is 3. The van der Waals surface area contributed by atoms with Gasteiger partial charge < -0.3 is 68.7 Å². The quantitative estimate of drug-likeness (QED) is 0.0708. The summed E-state index contributed by atoms with van der Waals surface area (Å²) in [6.07, 6.45) is 2.22. The maximum Gasteiger partial charge on any atom is 0.114 e. The Morgan fingerprint density at radius 1 is 0.181 bits per heavy atom. The smallest absolute Gasteiger partial charge is 0.114 e. The molecule has 9 aromatic rings. The lowest BCUT2D eigenvalue weighted by Crippen LogP contribution is -3.00. The number of rotatable bonds is 15. The first-order valence-electron chi connectivity index (χ1n) is 37.6. The summed E-state index contributed by atoms with van der Waals surface area (Å²) in [6.45, 7) is 61.5. The number of aliphatic hydroxyl groups excluding tert-OH is 3. The maximum atomic E-state index is 10.4. The summed E-state index contributed by atoms with van der Waals surface area (Å²) < 4.78 is 0. The average Bonchev–Trinajstić information content (AvgIpc) is 0.758. The summed E-state index contributed by atoms with van der Waals surface area (Å²) in [7, 11) is -6.06. The second-order valence-corrected chi connectivity index (χ2v) is 48.8. The SMILES string of the molecule is CC(C)(C)c1ccc([P+](CCO)(c2ccc(C(C)(C)C)cc2)c2ccc(C(C)(C)C)cc2)cc1.CC(C)(C)c1ccc([P+](CCO)(c2ccc(C(C)(C)C)cc2)c2ccc(C(C)(C)C)cc2)cc1.CC(C)(C)c1ccc([P+](CCO)(c2ccc(C(C)(C)C)cc2)c2ccc(C(C)(C)C)cc2)cc1.[Br-].[Cl-].[I-]. The zero-order chi connectivity index (χ0) is 76.1. The topological polar surface area (TPSA) is 60.7 Å². The Balaban J connectivity index is 0.000000329. The Bertz CT molecular complexity index is 3250. The van der Waals surface area contributed by atoms with E-state index in [0.717, 1.165) is 18.5 Å². The van der Waals surface area contributed by atoms with Crippen molar-refractivity contribution in [2.24, 2.45) is 0 Å². The first-order chi connectivity index (χ1) is 47.1. The summed E-state index contributed by atoms with van der Waals surface area (Å²) in [4.78, 5) is 0. The molecule has 3 nitrogen and oxygen atoms in total. The standard InChI is InChI=1S/3C32H44OP.BrH.ClH.HI/c3*1-30(2,3)24-10-16-27(17-11-24)34(23-22-33,28-18-12-25(13-19-28)31(4,5)6)29-20-14-26(15-21-29)32(7,8)9;;;/h3*10-21,33H,22-23H2,1-9H3;3*1H/q3*+1;;;/p-3. The van der Waals surface area contributed by atoms with Crippen molar-refractivity contribution in [3.05, 3.63) is 268 Å². The van der Waals surface area contributed by atoms with E-state index in [1.54, 1.807) is 0 Å². The van der Waals surface area contributed by atoms with Crippen LogP contribution in [0.4, 0.5) is 0 Å². The van der Waals surface area contributed by atoms with Crippen LogP contribution in [0.2, 0.25) is 0 Å². The van der Waals surface area contributed by atoms with Crippen LogP contribution in [0.5, 0.6) is 0 Å². The molecule has 0 amide bonds. The fraction of sp³-hybridized carbons (Fsp3) is 0.438. The highest BCUT2D eigenvalue weighted by atomic mass is 127. The molecule has 0 aliphatic heterocycles. The third-order valence-electron chi connectivity index (χ3n) is 20.9. The van der Waals surface area contributed by atoms with Gasteiger partial charge in [-0.3, -0.25) is 0 Å². The first-order valence-corrected chi connectivity index (χ1v) is 43.5. The van der Waals surface area contributed by atoms with Crippen LogP contribution in [0, 0.1) is 0 Å². The van der Waals surface area contributed by atoms with E-state index in [9.17, 15) is 15.3 Å². The van der Waals surface area contributed by atoms with Gasteiger partial charge in [0.1, 0.15) is 69.5 Å². The largest absolute Gasteiger partial charge is 1.00 e. The number of benzene rings is 9. The second-order valence-electron chi connectivity index (χ2n) is 37.9. The minimum absolute atomic E-state index is 0. The van der Waals surface area contributed by atoms with Crippen LogP contribution in [-0.4, -0.2) is 53.6 Å². The molecule has 0 saturated carbocycles. The van der Waals surface area contributed by atoms with Crippen molar-refractivity contribution < 1.29 is 68.7 Å². The van der Waals surface area contributed by atoms with E-state index in [4.69, 9.17) is 0 Å². The molecule has 105 heavy (non-hydrogen) atoms. The zero-order valence-corrected chi connectivity index (χ0v) is 76.5. The van der Waals surface area contributed by atoms with Crippen molar-refractivity contribution in [3.8, 4) is 0 Å². The molecule has 570 valence electrons. The molecule has 0 heterocycles. The number of hydrogen-bond donors (Lipinski definition) is 3. The summed E-state index contributed by atoms with van der Waals surface area (Å²) in [5, 5.41) is 43.1. The maximum absolute atomic E-state index is 10.4. The van der Waals surface area contributed by atoms with Crippen molar-refractivity contribution in [1.29, 1.82) is 0 Å². The molecule has 9 aromatic carbocycles. The van der Waals surface area contributed by atoms with Crippen LogP contribution >= 0.6 is 21.8 Å². The average molecular weight is 1670 g/mol. The third-order valence-corrected chi connectivity index (χ3v) is 34.1. The van der Waals surface area contributed by atoms with Crippen LogP contribution in [0.3, 0.4) is 0 Å². The van der Waals surface area contributed by atoms with Gasteiger partial charge in [-0.15, -0.1) is 0 Å². The molecule has 0 aliphatic rings. The van der Waals surface area contributed by atoms with E-state index < -0.39 is 21.8 Å². The summed E-state index contributed by atoms with van der Waals surface area (Å²) in [5.41, 5.74) is 13.0. The van der Waals surface area contributed by atoms with Crippen molar-refractivity contribution >= 4 is 69.5 Å². The molecule has 0 aromatic heterocycles. The van der Waals surface area contributed by atoms with Gasteiger partial charge >= 0.3 is 0 Å². The normalized spacial score (nSPS) is 12.9. The molecule has 3 N–H and O–H groups in total. The van der Waals surface area contributed by atoms with Gasteiger partial charge in [0, 0.05) is 0 Å². The molecule has 0 fully saturated rings. The Kier molecular flexibility index (Phi) is 32.1. The van der Waals surface area contributed by atoms with E-state index in [0.29, 0.717) is 0 Å². The molecule has 0 radical (unpaired) electrons. The molecule has 0 atom stereocenters. The monoisotopic (exact) mass is 1670 g/mol. The molecule has 0 unspecified atom stereocenters. The van der Waals surface area contributed by atoms with Gasteiger partial charge in [0.05, 0.1) is 38.3 Å². The number of halogens is 3. The predicted molar refractivity (Wildman–Crippen MR) is 460 cm³/mol. The molecule has 0 aliphatic carbocycles. The molecule has 9 heteroatoms. The lowest BCUT2D eigenvalue weighted by molar-refractivity contribution is -0.00100. The Morgan fingerprint density at radius 2 is 0.257 bits per heavy atom. The van der Waals surface area contributed by atoms with Gasteiger partial charge in [-0.05, 0) is 208 Å². The number of hydrogen-bond acceptors (Lipinski definition) is 3. The molecular formula is C96H132BrClIO3P3. The molecular weight excluding hydrogens is 1540 g/mol. The van der Waals surface area contributed by atoms with Crippen LogP contribution in [-0.2, 0) is 48.7 Å². The van der Waals surface area contributed by atoms with E-state index in [2.05, 4.69) is 405 Å². The lowest BCUT2D eigenvalue weighted by Gasteiger charge is -2.29. The minimum Gasteiger partial charge on any atom is -1.00 e. The Hall–Kier alpha value is -4.35. The van der Waals surface area contributed by atoms with Crippen molar-refractivity contribution in [2.45, 2.75) is 236 Å². The van der Waals surface area contributed by atoms with Gasteiger partial charge in [0.15, 0.2) is 0 Å². The fourth-order valence-corrected chi connectivity index (χ4v) is 25.7. The highest BCUT2D eigenvalue weighted by Crippen LogP contribution is 2.58. The van der Waals surface area contributed by atoms with Gasteiger partial charge in [-0.2, -0.15) is 0 Å². The Labute approximate surface area is 675 Å². The lowest BCUT2D eigenvalue weighted by atomic mass is 9.87. The molecule has 0 saturated heterocycles. The summed E-state index contributed by atoms with van der Waals surface area (Å²) in [6, 6.07) is 82.9. The second kappa shape index (κ2) is 36.2. The zero-order valence-electron chi connectivity index (χ0n) is 69.3. The Morgan fingerprint density at radius 3 is 0.314 bits per heavy atom. The highest BCUT2D eigenvalue weighted by Gasteiger charge is 2.48. The molecule has 0 spiro atoms. The highest BCUT2D eigenvalue weighted by molar-refractivity contribution is 7.96. The molecule has 9 rings (SSSR count). The summed E-state index contributed by atoms with van der Waals surface area (Å²) in [5.74, 6) is 0.